The summed E-state index contributed by atoms with van der Waals surface area (Å²) < 4.78 is 3.22. The molecule has 0 unspecified atom stereocenters. The van der Waals surface area contributed by atoms with E-state index in [0.29, 0.717) is 22.2 Å². The highest BCUT2D eigenvalue weighted by Gasteiger charge is 2.15. The van der Waals surface area contributed by atoms with Gasteiger partial charge in [-0.2, -0.15) is 0 Å². The lowest BCUT2D eigenvalue weighted by Crippen LogP contribution is -2.20. The van der Waals surface area contributed by atoms with Crippen molar-refractivity contribution in [3.63, 3.8) is 0 Å². The molecule has 1 heterocycles. The molecule has 0 spiro atoms. The van der Waals surface area contributed by atoms with Crippen molar-refractivity contribution in [1.82, 2.24) is 9.36 Å². The molecule has 0 aliphatic rings. The molecule has 6 heteroatoms. The lowest BCUT2D eigenvalue weighted by molar-refractivity contribution is 0.618. The van der Waals surface area contributed by atoms with Crippen LogP contribution < -0.4 is 11.3 Å². The van der Waals surface area contributed by atoms with Crippen LogP contribution in [0.15, 0.2) is 23.0 Å². The lowest BCUT2D eigenvalue weighted by Gasteiger charge is -2.09. The predicted octanol–water partition coefficient (Wildman–Crippen LogP) is 2.63. The molecule has 96 valence electrons. The van der Waals surface area contributed by atoms with Gasteiger partial charge in [0.15, 0.2) is 0 Å². The minimum atomic E-state index is -0.243. The van der Waals surface area contributed by atoms with Crippen molar-refractivity contribution < 1.29 is 0 Å². The summed E-state index contributed by atoms with van der Waals surface area (Å²) in [6, 6.07) is 5.03. The Bertz CT molecular complexity index is 658. The third kappa shape index (κ3) is 1.91. The van der Waals surface area contributed by atoms with Gasteiger partial charge in [0.2, 0.25) is 0 Å². The predicted molar refractivity (Wildman–Crippen MR) is 74.8 cm³/mol. The molecular formula is C12H13Cl2N3O. The third-order valence-corrected chi connectivity index (χ3v) is 3.65. The topological polar surface area (TPSA) is 53.0 Å². The monoisotopic (exact) mass is 285 g/mol. The molecule has 1 aromatic heterocycles. The second-order valence-corrected chi connectivity index (χ2v) is 4.77. The molecule has 0 aliphatic heterocycles. The van der Waals surface area contributed by atoms with Crippen molar-refractivity contribution in [1.29, 1.82) is 0 Å². The average molecular weight is 286 g/mol. The zero-order chi connectivity index (χ0) is 13.4. The van der Waals surface area contributed by atoms with Gasteiger partial charge in [-0.1, -0.05) is 30.1 Å². The molecule has 0 radical (unpaired) electrons. The summed E-state index contributed by atoms with van der Waals surface area (Å²) in [5.41, 5.74) is 7.27. The minimum Gasteiger partial charge on any atom is -0.393 e. The summed E-state index contributed by atoms with van der Waals surface area (Å²) in [5, 5.41) is 0.852. The van der Waals surface area contributed by atoms with Crippen LogP contribution in [0.5, 0.6) is 0 Å². The van der Waals surface area contributed by atoms with Gasteiger partial charge in [0.1, 0.15) is 5.69 Å². The first-order valence-electron chi connectivity index (χ1n) is 5.49. The highest BCUT2D eigenvalue weighted by atomic mass is 35.5. The Labute approximate surface area is 115 Å². The number of nitrogens with two attached hydrogens (primary N) is 1. The highest BCUT2D eigenvalue weighted by Crippen LogP contribution is 2.24. The van der Waals surface area contributed by atoms with E-state index in [9.17, 15) is 4.79 Å². The summed E-state index contributed by atoms with van der Waals surface area (Å²) in [6.45, 7) is 1.95. The fourth-order valence-electron chi connectivity index (χ4n) is 2.00. The van der Waals surface area contributed by atoms with Crippen molar-refractivity contribution in [2.45, 2.75) is 13.3 Å². The van der Waals surface area contributed by atoms with Gasteiger partial charge in [0.05, 0.1) is 21.4 Å². The molecule has 0 aliphatic carbocycles. The molecule has 0 saturated carbocycles. The van der Waals surface area contributed by atoms with Crippen LogP contribution in [0.25, 0.3) is 5.69 Å². The molecule has 2 N–H and O–H groups in total. The lowest BCUT2D eigenvalue weighted by atomic mass is 10.3. The quantitative estimate of drug-likeness (QED) is 0.922. The van der Waals surface area contributed by atoms with E-state index < -0.39 is 0 Å². The second kappa shape index (κ2) is 4.71. The fourth-order valence-corrected chi connectivity index (χ4v) is 2.29. The summed E-state index contributed by atoms with van der Waals surface area (Å²) in [4.78, 5) is 12.1. The van der Waals surface area contributed by atoms with E-state index in [4.69, 9.17) is 28.9 Å². The third-order valence-electron chi connectivity index (χ3n) is 2.91. The molecule has 1 aromatic carbocycles. The number of hydrogen-bond acceptors (Lipinski definition) is 2. The highest BCUT2D eigenvalue weighted by molar-refractivity contribution is 6.42. The van der Waals surface area contributed by atoms with Gasteiger partial charge in [-0.3, -0.25) is 9.48 Å². The molecule has 2 rings (SSSR count). The summed E-state index contributed by atoms with van der Waals surface area (Å²) >= 11 is 11.8. The van der Waals surface area contributed by atoms with Crippen LogP contribution in [-0.2, 0) is 13.5 Å². The maximum absolute atomic E-state index is 12.1. The zero-order valence-corrected chi connectivity index (χ0v) is 11.6. The molecule has 0 bridgehead atoms. The molecule has 0 atom stereocenters. The van der Waals surface area contributed by atoms with Gasteiger partial charge in [-0.25, -0.2) is 4.68 Å². The van der Waals surface area contributed by atoms with Crippen molar-refractivity contribution in [3.05, 3.63) is 44.3 Å². The largest absolute Gasteiger partial charge is 0.393 e. The van der Waals surface area contributed by atoms with Crippen LogP contribution in [0, 0.1) is 0 Å². The Kier molecular flexibility index (Phi) is 3.41. The van der Waals surface area contributed by atoms with Crippen molar-refractivity contribution >= 4 is 28.9 Å². The van der Waals surface area contributed by atoms with E-state index in [1.165, 1.54) is 4.68 Å². The fraction of sp³-hybridized carbons (Fsp3) is 0.250. The molecule has 18 heavy (non-hydrogen) atoms. The number of benzene rings is 1. The van der Waals surface area contributed by atoms with Crippen molar-refractivity contribution in [3.8, 4) is 5.69 Å². The summed E-state index contributed by atoms with van der Waals surface area (Å²) in [7, 11) is 1.79. The minimum absolute atomic E-state index is 0.243. The number of anilines is 1. The SMILES string of the molecule is CCc1c(N)c(=O)n(-c2ccc(Cl)c(Cl)c2)n1C. The first kappa shape index (κ1) is 13.1. The summed E-state index contributed by atoms with van der Waals surface area (Å²) in [6.07, 6.45) is 0.686. The van der Waals surface area contributed by atoms with Crippen molar-refractivity contribution in [2.75, 3.05) is 5.73 Å². The van der Waals surface area contributed by atoms with Gasteiger partial charge < -0.3 is 5.73 Å². The Hall–Kier alpha value is -1.39. The number of rotatable bonds is 2. The molecule has 2 aromatic rings. The standard InChI is InChI=1S/C12H13Cl2N3O/c1-3-10-11(15)12(18)17(16(10)2)7-4-5-8(13)9(14)6-7/h4-6H,3,15H2,1-2H3. The zero-order valence-electron chi connectivity index (χ0n) is 10.1. The maximum Gasteiger partial charge on any atom is 0.294 e. The van der Waals surface area contributed by atoms with Gasteiger partial charge in [0, 0.05) is 7.05 Å². The first-order valence-corrected chi connectivity index (χ1v) is 6.24. The van der Waals surface area contributed by atoms with Crippen molar-refractivity contribution in [2.24, 2.45) is 7.05 Å². The van der Waals surface area contributed by atoms with Gasteiger partial charge in [0.25, 0.3) is 5.56 Å². The number of halogens is 2. The molecule has 4 nitrogen and oxygen atoms in total. The van der Waals surface area contributed by atoms with E-state index in [1.54, 1.807) is 29.9 Å². The second-order valence-electron chi connectivity index (χ2n) is 3.95. The number of hydrogen-bond donors (Lipinski definition) is 1. The van der Waals surface area contributed by atoms with E-state index in [1.807, 2.05) is 6.92 Å². The maximum atomic E-state index is 12.1. The molecule has 0 saturated heterocycles. The van der Waals surface area contributed by atoms with E-state index in [2.05, 4.69) is 0 Å². The Balaban J connectivity index is 2.71. The molecule has 0 fully saturated rings. The number of aromatic nitrogens is 2. The van der Waals surface area contributed by atoms with E-state index >= 15 is 0 Å². The van der Waals surface area contributed by atoms with Gasteiger partial charge >= 0.3 is 0 Å². The summed E-state index contributed by atoms with van der Waals surface area (Å²) in [5.74, 6) is 0. The Morgan fingerprint density at radius 1 is 1.28 bits per heavy atom. The normalized spacial score (nSPS) is 10.9. The average Bonchev–Trinajstić information content (AvgIpc) is 2.54. The van der Waals surface area contributed by atoms with E-state index in [0.717, 1.165) is 5.69 Å². The molecule has 0 amide bonds. The van der Waals surface area contributed by atoms with Gasteiger partial charge in [-0.15, -0.1) is 0 Å². The van der Waals surface area contributed by atoms with Gasteiger partial charge in [-0.05, 0) is 24.6 Å². The molecular weight excluding hydrogens is 273 g/mol. The Morgan fingerprint density at radius 2 is 1.94 bits per heavy atom. The Morgan fingerprint density at radius 3 is 2.44 bits per heavy atom. The van der Waals surface area contributed by atoms with E-state index in [-0.39, 0.29) is 11.2 Å². The number of nitrogen functional groups attached to an aromatic ring is 1. The van der Waals surface area contributed by atoms with Crippen LogP contribution in [0.3, 0.4) is 0 Å². The number of nitrogens with zero attached hydrogens (tertiary/aromatic N) is 2. The smallest absolute Gasteiger partial charge is 0.294 e. The first-order chi connectivity index (χ1) is 8.47. The van der Waals surface area contributed by atoms with Crippen LogP contribution in [-0.4, -0.2) is 9.36 Å². The van der Waals surface area contributed by atoms with Crippen LogP contribution in [0.1, 0.15) is 12.6 Å². The van der Waals surface area contributed by atoms with Crippen LogP contribution >= 0.6 is 23.2 Å². The van der Waals surface area contributed by atoms with Crippen LogP contribution in [0.4, 0.5) is 5.69 Å². The van der Waals surface area contributed by atoms with Crippen LogP contribution in [0.2, 0.25) is 10.0 Å².